The van der Waals surface area contributed by atoms with Crippen molar-refractivity contribution in [2.75, 3.05) is 23.6 Å². The molecule has 114 valence electrons. The summed E-state index contributed by atoms with van der Waals surface area (Å²) in [4.78, 5) is 6.66. The monoisotopic (exact) mass is 297 g/mol. The van der Waals surface area contributed by atoms with E-state index in [1.54, 1.807) is 0 Å². The topological polar surface area (TPSA) is 46.6 Å². The van der Waals surface area contributed by atoms with E-state index in [1.807, 2.05) is 24.5 Å². The van der Waals surface area contributed by atoms with Gasteiger partial charge in [0.2, 0.25) is 6.79 Å². The Balaban J connectivity index is 1.72. The van der Waals surface area contributed by atoms with Crippen LogP contribution in [-0.2, 0) is 6.54 Å². The third-order valence-electron chi connectivity index (χ3n) is 4.32. The number of anilines is 2. The average molecular weight is 297 g/mol. The van der Waals surface area contributed by atoms with Gasteiger partial charge in [-0.15, -0.1) is 0 Å². The number of benzene rings is 1. The normalized spacial score (nSPS) is 18.8. The summed E-state index contributed by atoms with van der Waals surface area (Å²) in [6.07, 6.45) is 4.83. The van der Waals surface area contributed by atoms with Crippen LogP contribution in [-0.4, -0.2) is 24.4 Å². The summed E-state index contributed by atoms with van der Waals surface area (Å²) in [5, 5.41) is 3.52. The van der Waals surface area contributed by atoms with Crippen molar-refractivity contribution in [1.29, 1.82) is 0 Å². The maximum atomic E-state index is 5.54. The van der Waals surface area contributed by atoms with Crippen LogP contribution >= 0.6 is 0 Å². The van der Waals surface area contributed by atoms with Crippen LogP contribution in [0.3, 0.4) is 0 Å². The lowest BCUT2D eigenvalue weighted by molar-refractivity contribution is 0.174. The van der Waals surface area contributed by atoms with Crippen LogP contribution in [0.2, 0.25) is 0 Å². The van der Waals surface area contributed by atoms with Gasteiger partial charge in [-0.05, 0) is 18.1 Å². The fourth-order valence-corrected chi connectivity index (χ4v) is 3.11. The van der Waals surface area contributed by atoms with Crippen LogP contribution in [0.25, 0.3) is 0 Å². The lowest BCUT2D eigenvalue weighted by atomic mass is 10.0. The Bertz CT molecular complexity index is 675. The second-order valence-electron chi connectivity index (χ2n) is 5.65. The maximum Gasteiger partial charge on any atom is 0.231 e. The van der Waals surface area contributed by atoms with Crippen molar-refractivity contribution in [3.8, 4) is 11.5 Å². The molecule has 1 unspecified atom stereocenters. The van der Waals surface area contributed by atoms with Gasteiger partial charge in [-0.1, -0.05) is 13.0 Å². The van der Waals surface area contributed by atoms with Crippen molar-refractivity contribution in [1.82, 2.24) is 4.98 Å². The van der Waals surface area contributed by atoms with Gasteiger partial charge in [0.25, 0.3) is 0 Å². The predicted molar refractivity (Wildman–Crippen MR) is 85.6 cm³/mol. The van der Waals surface area contributed by atoms with Crippen LogP contribution in [0.15, 0.2) is 36.7 Å². The predicted octanol–water partition coefficient (Wildman–Crippen LogP) is 3.02. The van der Waals surface area contributed by atoms with Gasteiger partial charge < -0.3 is 19.7 Å². The van der Waals surface area contributed by atoms with Gasteiger partial charge in [-0.25, -0.2) is 0 Å². The van der Waals surface area contributed by atoms with Gasteiger partial charge in [0.15, 0.2) is 11.5 Å². The molecule has 0 saturated carbocycles. The van der Waals surface area contributed by atoms with Gasteiger partial charge in [-0.3, -0.25) is 4.98 Å². The van der Waals surface area contributed by atoms with E-state index in [-0.39, 0.29) is 0 Å². The number of pyridine rings is 1. The summed E-state index contributed by atoms with van der Waals surface area (Å²) >= 11 is 0. The number of rotatable bonds is 3. The molecule has 22 heavy (non-hydrogen) atoms. The fraction of sp³-hybridized carbons (Fsp3) is 0.353. The molecule has 1 aromatic carbocycles. The SMILES string of the molecule is CCC1CNc2cc3c(cc2N1Cc1cccnc1)OCO3. The summed E-state index contributed by atoms with van der Waals surface area (Å²) < 4.78 is 11.0. The van der Waals surface area contributed by atoms with Crippen molar-refractivity contribution in [3.05, 3.63) is 42.2 Å². The second kappa shape index (κ2) is 5.40. The van der Waals surface area contributed by atoms with E-state index in [0.29, 0.717) is 12.8 Å². The molecule has 2 aromatic rings. The Hall–Kier alpha value is -2.43. The summed E-state index contributed by atoms with van der Waals surface area (Å²) in [6.45, 7) is 4.31. The maximum absolute atomic E-state index is 5.54. The van der Waals surface area contributed by atoms with Gasteiger partial charge in [0, 0.05) is 43.7 Å². The third-order valence-corrected chi connectivity index (χ3v) is 4.32. The highest BCUT2D eigenvalue weighted by Gasteiger charge is 2.28. The molecular weight excluding hydrogens is 278 g/mol. The summed E-state index contributed by atoms with van der Waals surface area (Å²) in [5.41, 5.74) is 3.50. The minimum atomic E-state index is 0.304. The van der Waals surface area contributed by atoms with Crippen LogP contribution in [0.4, 0.5) is 11.4 Å². The standard InChI is InChI=1S/C17H19N3O2/c1-2-13-9-19-14-6-16-17(22-11-21-16)7-15(14)20(13)10-12-4-3-5-18-8-12/h3-8,13,19H,2,9-11H2,1H3. The van der Waals surface area contributed by atoms with Crippen LogP contribution < -0.4 is 19.7 Å². The van der Waals surface area contributed by atoms with Crippen molar-refractivity contribution in [2.45, 2.75) is 25.9 Å². The summed E-state index contributed by atoms with van der Waals surface area (Å²) in [5.74, 6) is 1.65. The molecule has 0 fully saturated rings. The Morgan fingerprint density at radius 2 is 2.18 bits per heavy atom. The molecule has 0 amide bonds. The molecule has 3 heterocycles. The highest BCUT2D eigenvalue weighted by Crippen LogP contribution is 2.43. The van der Waals surface area contributed by atoms with Crippen LogP contribution in [0, 0.1) is 0 Å². The molecule has 0 aliphatic carbocycles. The highest BCUT2D eigenvalue weighted by atomic mass is 16.7. The van der Waals surface area contributed by atoms with E-state index in [9.17, 15) is 0 Å². The molecule has 1 atom stereocenters. The summed E-state index contributed by atoms with van der Waals surface area (Å²) in [7, 11) is 0. The lowest BCUT2D eigenvalue weighted by Gasteiger charge is -2.39. The fourth-order valence-electron chi connectivity index (χ4n) is 3.11. The molecule has 2 aliphatic heterocycles. The first kappa shape index (κ1) is 13.2. The number of fused-ring (bicyclic) bond motifs is 2. The molecule has 5 heteroatoms. The lowest BCUT2D eigenvalue weighted by Crippen LogP contribution is -2.43. The molecule has 1 aromatic heterocycles. The van der Waals surface area contributed by atoms with E-state index in [0.717, 1.165) is 36.7 Å². The first-order chi connectivity index (χ1) is 10.8. The molecule has 1 N–H and O–H groups in total. The minimum Gasteiger partial charge on any atom is -0.454 e. The number of hydrogen-bond acceptors (Lipinski definition) is 5. The third kappa shape index (κ3) is 2.22. The smallest absolute Gasteiger partial charge is 0.231 e. The first-order valence-corrected chi connectivity index (χ1v) is 7.68. The Morgan fingerprint density at radius 1 is 1.32 bits per heavy atom. The van der Waals surface area contributed by atoms with E-state index in [2.05, 4.69) is 34.3 Å². The van der Waals surface area contributed by atoms with Crippen molar-refractivity contribution >= 4 is 11.4 Å². The van der Waals surface area contributed by atoms with Gasteiger partial charge in [0.1, 0.15) is 0 Å². The number of hydrogen-bond donors (Lipinski definition) is 1. The molecular formula is C17H19N3O2. The zero-order valence-electron chi connectivity index (χ0n) is 12.6. The van der Waals surface area contributed by atoms with Gasteiger partial charge >= 0.3 is 0 Å². The number of aromatic nitrogens is 1. The highest BCUT2D eigenvalue weighted by molar-refractivity contribution is 5.77. The number of ether oxygens (including phenoxy) is 2. The van der Waals surface area contributed by atoms with E-state index in [1.165, 1.54) is 11.3 Å². The van der Waals surface area contributed by atoms with Crippen LogP contribution in [0.5, 0.6) is 11.5 Å². The average Bonchev–Trinajstić information content (AvgIpc) is 3.01. The Kier molecular flexibility index (Phi) is 3.25. The Labute approximate surface area is 129 Å². The molecule has 0 radical (unpaired) electrons. The number of nitrogens with zero attached hydrogens (tertiary/aromatic N) is 2. The molecule has 0 spiro atoms. The largest absolute Gasteiger partial charge is 0.454 e. The van der Waals surface area contributed by atoms with Crippen LogP contribution in [0.1, 0.15) is 18.9 Å². The second-order valence-corrected chi connectivity index (χ2v) is 5.65. The zero-order chi connectivity index (χ0) is 14.9. The molecule has 0 bridgehead atoms. The van der Waals surface area contributed by atoms with Crippen molar-refractivity contribution in [2.24, 2.45) is 0 Å². The molecule has 4 rings (SSSR count). The molecule has 0 saturated heterocycles. The van der Waals surface area contributed by atoms with Crippen molar-refractivity contribution < 1.29 is 9.47 Å². The van der Waals surface area contributed by atoms with E-state index < -0.39 is 0 Å². The number of nitrogens with one attached hydrogen (secondary N) is 1. The van der Waals surface area contributed by atoms with E-state index >= 15 is 0 Å². The van der Waals surface area contributed by atoms with E-state index in [4.69, 9.17) is 9.47 Å². The zero-order valence-corrected chi connectivity index (χ0v) is 12.6. The molecule has 2 aliphatic rings. The van der Waals surface area contributed by atoms with Gasteiger partial charge in [-0.2, -0.15) is 0 Å². The van der Waals surface area contributed by atoms with Crippen molar-refractivity contribution in [3.63, 3.8) is 0 Å². The Morgan fingerprint density at radius 3 is 2.95 bits per heavy atom. The quantitative estimate of drug-likeness (QED) is 0.943. The minimum absolute atomic E-state index is 0.304. The summed E-state index contributed by atoms with van der Waals surface area (Å²) in [6, 6.07) is 8.68. The molecule has 5 nitrogen and oxygen atoms in total. The van der Waals surface area contributed by atoms with Gasteiger partial charge in [0.05, 0.1) is 11.4 Å². The first-order valence-electron chi connectivity index (χ1n) is 7.68.